The summed E-state index contributed by atoms with van der Waals surface area (Å²) in [5.74, 6) is -3.08. The number of carboxylic acid groups (broad SMARTS) is 1. The van der Waals surface area contributed by atoms with Crippen LogP contribution in [-0.2, 0) is 22.2 Å². The van der Waals surface area contributed by atoms with Gasteiger partial charge in [0.1, 0.15) is 5.54 Å². The van der Waals surface area contributed by atoms with Crippen LogP contribution in [0.5, 0.6) is 0 Å². The van der Waals surface area contributed by atoms with Gasteiger partial charge in [0.05, 0.1) is 0 Å². The van der Waals surface area contributed by atoms with Crippen molar-refractivity contribution in [2.45, 2.75) is 58.7 Å². The monoisotopic (exact) mass is 387 g/mol. The standard InChI is InChI=1S/C16H20F3N5O3/c1-5-15(4,13(26)27)22-11(25)7-6-10-8(2)20-14-21-12(16(17,18)19)23-24(14)9(10)3/h5-7H2,1-4H3,(H,22,25)(H,26,27). The van der Waals surface area contributed by atoms with Crippen molar-refractivity contribution < 1.29 is 27.9 Å². The summed E-state index contributed by atoms with van der Waals surface area (Å²) in [5, 5.41) is 15.1. The normalized spacial score (nSPS) is 14.2. The maximum absolute atomic E-state index is 12.8. The van der Waals surface area contributed by atoms with Crippen molar-refractivity contribution in [3.63, 3.8) is 0 Å². The zero-order valence-corrected chi connectivity index (χ0v) is 15.3. The molecule has 2 aromatic rings. The molecule has 0 bridgehead atoms. The zero-order chi connectivity index (χ0) is 20.6. The van der Waals surface area contributed by atoms with Gasteiger partial charge in [0.2, 0.25) is 5.91 Å². The topological polar surface area (TPSA) is 109 Å². The van der Waals surface area contributed by atoms with E-state index in [0.29, 0.717) is 17.0 Å². The first-order chi connectivity index (χ1) is 12.4. The van der Waals surface area contributed by atoms with Crippen molar-refractivity contribution in [1.29, 1.82) is 0 Å². The van der Waals surface area contributed by atoms with Gasteiger partial charge in [-0.2, -0.15) is 18.2 Å². The van der Waals surface area contributed by atoms with Crippen LogP contribution in [0, 0.1) is 13.8 Å². The number of carbonyl (C=O) groups is 2. The summed E-state index contributed by atoms with van der Waals surface area (Å²) in [7, 11) is 0. The van der Waals surface area contributed by atoms with Crippen molar-refractivity contribution >= 4 is 17.7 Å². The average molecular weight is 387 g/mol. The molecule has 2 rings (SSSR count). The van der Waals surface area contributed by atoms with E-state index in [4.69, 9.17) is 0 Å². The molecule has 1 unspecified atom stereocenters. The number of fused-ring (bicyclic) bond motifs is 1. The quantitative estimate of drug-likeness (QED) is 0.785. The average Bonchev–Trinajstić information content (AvgIpc) is 2.98. The fourth-order valence-corrected chi connectivity index (χ4v) is 2.59. The van der Waals surface area contributed by atoms with E-state index < -0.39 is 29.4 Å². The first-order valence-electron chi connectivity index (χ1n) is 8.23. The molecule has 0 aliphatic carbocycles. The second kappa shape index (κ2) is 7.12. The summed E-state index contributed by atoms with van der Waals surface area (Å²) >= 11 is 0. The number of hydrogen-bond donors (Lipinski definition) is 2. The highest BCUT2D eigenvalue weighted by Gasteiger charge is 2.37. The van der Waals surface area contributed by atoms with Crippen LogP contribution in [0.15, 0.2) is 0 Å². The fourth-order valence-electron chi connectivity index (χ4n) is 2.59. The van der Waals surface area contributed by atoms with E-state index in [1.807, 2.05) is 0 Å². The van der Waals surface area contributed by atoms with Gasteiger partial charge in [-0.15, -0.1) is 5.10 Å². The summed E-state index contributed by atoms with van der Waals surface area (Å²) < 4.78 is 39.4. The van der Waals surface area contributed by atoms with E-state index in [1.54, 1.807) is 20.8 Å². The van der Waals surface area contributed by atoms with Crippen LogP contribution in [0.3, 0.4) is 0 Å². The smallest absolute Gasteiger partial charge is 0.453 e. The Kier molecular flexibility index (Phi) is 5.43. The molecular formula is C16H20F3N5O3. The minimum Gasteiger partial charge on any atom is -0.480 e. The van der Waals surface area contributed by atoms with Gasteiger partial charge >= 0.3 is 12.1 Å². The van der Waals surface area contributed by atoms with E-state index >= 15 is 0 Å². The molecule has 11 heteroatoms. The molecule has 0 radical (unpaired) electrons. The number of nitrogens with one attached hydrogen (secondary N) is 1. The third kappa shape index (κ3) is 4.17. The van der Waals surface area contributed by atoms with Crippen LogP contribution in [0.4, 0.5) is 13.2 Å². The number of halogens is 3. The Labute approximate surface area is 152 Å². The molecule has 0 saturated carbocycles. The molecule has 2 heterocycles. The molecule has 8 nitrogen and oxygen atoms in total. The predicted molar refractivity (Wildman–Crippen MR) is 88.1 cm³/mol. The van der Waals surface area contributed by atoms with E-state index in [9.17, 15) is 27.9 Å². The van der Waals surface area contributed by atoms with E-state index in [2.05, 4.69) is 20.4 Å². The van der Waals surface area contributed by atoms with Crippen LogP contribution in [0.25, 0.3) is 5.78 Å². The summed E-state index contributed by atoms with van der Waals surface area (Å²) in [6.07, 6.45) is -4.35. The Morgan fingerprint density at radius 3 is 2.37 bits per heavy atom. The first-order valence-corrected chi connectivity index (χ1v) is 8.23. The highest BCUT2D eigenvalue weighted by atomic mass is 19.4. The maximum Gasteiger partial charge on any atom is 0.453 e. The third-order valence-electron chi connectivity index (χ3n) is 4.50. The lowest BCUT2D eigenvalue weighted by atomic mass is 9.98. The lowest BCUT2D eigenvalue weighted by molar-refractivity contribution is -0.147. The molecular weight excluding hydrogens is 367 g/mol. The van der Waals surface area contributed by atoms with Crippen LogP contribution in [0.2, 0.25) is 0 Å². The number of rotatable bonds is 6. The number of alkyl halides is 3. The van der Waals surface area contributed by atoms with Crippen molar-refractivity contribution in [2.75, 3.05) is 0 Å². The number of carboxylic acids is 1. The van der Waals surface area contributed by atoms with Crippen LogP contribution >= 0.6 is 0 Å². The molecule has 2 N–H and O–H groups in total. The number of aromatic nitrogens is 4. The van der Waals surface area contributed by atoms with Gasteiger partial charge in [0.25, 0.3) is 11.6 Å². The van der Waals surface area contributed by atoms with Gasteiger partial charge in [-0.3, -0.25) is 4.79 Å². The lowest BCUT2D eigenvalue weighted by Gasteiger charge is -2.24. The number of hydrogen-bond acceptors (Lipinski definition) is 5. The van der Waals surface area contributed by atoms with E-state index in [1.165, 1.54) is 6.92 Å². The van der Waals surface area contributed by atoms with Crippen molar-refractivity contribution in [3.05, 3.63) is 22.8 Å². The predicted octanol–water partition coefficient (Wildman–Crippen LogP) is 2.06. The Hall–Kier alpha value is -2.72. The fraction of sp³-hybridized carbons (Fsp3) is 0.562. The molecule has 0 aromatic carbocycles. The second-order valence-electron chi connectivity index (χ2n) is 6.45. The number of aryl methyl sites for hydroxylation is 2. The van der Waals surface area contributed by atoms with Gasteiger partial charge in [-0.1, -0.05) is 6.92 Å². The number of carbonyl (C=O) groups excluding carboxylic acids is 1. The summed E-state index contributed by atoms with van der Waals surface area (Å²) in [4.78, 5) is 30.8. The highest BCUT2D eigenvalue weighted by molar-refractivity contribution is 5.86. The SMILES string of the molecule is CCC(C)(NC(=O)CCc1c(C)nc2nc(C(F)(F)F)nn2c1C)C(=O)O. The summed E-state index contributed by atoms with van der Waals surface area (Å²) in [6.45, 7) is 6.22. The molecule has 0 aliphatic heterocycles. The van der Waals surface area contributed by atoms with Crippen LogP contribution < -0.4 is 5.32 Å². The minimum atomic E-state index is -4.68. The van der Waals surface area contributed by atoms with Gasteiger partial charge in [-0.25, -0.2) is 14.3 Å². The second-order valence-corrected chi connectivity index (χ2v) is 6.45. The maximum atomic E-state index is 12.8. The van der Waals surface area contributed by atoms with Crippen molar-refractivity contribution in [2.24, 2.45) is 0 Å². The molecule has 1 atom stereocenters. The van der Waals surface area contributed by atoms with Gasteiger partial charge in [-0.05, 0) is 39.2 Å². The van der Waals surface area contributed by atoms with Gasteiger partial charge < -0.3 is 10.4 Å². The summed E-state index contributed by atoms with van der Waals surface area (Å²) in [5.41, 5.74) is 0.0108. The van der Waals surface area contributed by atoms with Gasteiger partial charge in [0, 0.05) is 17.8 Å². The lowest BCUT2D eigenvalue weighted by Crippen LogP contribution is -2.51. The van der Waals surface area contributed by atoms with E-state index in [-0.39, 0.29) is 25.0 Å². The Morgan fingerprint density at radius 1 is 1.22 bits per heavy atom. The van der Waals surface area contributed by atoms with E-state index in [0.717, 1.165) is 4.52 Å². The number of amides is 1. The Balaban J connectivity index is 2.24. The van der Waals surface area contributed by atoms with Crippen LogP contribution in [-0.4, -0.2) is 42.1 Å². The number of aliphatic carboxylic acids is 1. The molecule has 1 amide bonds. The molecule has 0 spiro atoms. The minimum absolute atomic E-state index is 0.0431. The van der Waals surface area contributed by atoms with Crippen molar-refractivity contribution in [1.82, 2.24) is 24.9 Å². The summed E-state index contributed by atoms with van der Waals surface area (Å²) in [6, 6.07) is 0. The zero-order valence-electron chi connectivity index (χ0n) is 15.3. The molecule has 27 heavy (non-hydrogen) atoms. The van der Waals surface area contributed by atoms with Crippen LogP contribution in [0.1, 0.15) is 49.5 Å². The largest absolute Gasteiger partial charge is 0.480 e. The molecule has 0 saturated heterocycles. The van der Waals surface area contributed by atoms with Crippen molar-refractivity contribution in [3.8, 4) is 0 Å². The first kappa shape index (κ1) is 20.6. The number of nitrogens with zero attached hydrogens (tertiary/aromatic N) is 4. The third-order valence-corrected chi connectivity index (χ3v) is 4.50. The molecule has 0 fully saturated rings. The van der Waals surface area contributed by atoms with Gasteiger partial charge in [0.15, 0.2) is 0 Å². The molecule has 2 aromatic heterocycles. The highest BCUT2D eigenvalue weighted by Crippen LogP contribution is 2.27. The molecule has 148 valence electrons. The molecule has 0 aliphatic rings. The Morgan fingerprint density at radius 2 is 1.85 bits per heavy atom. The Bertz CT molecular complexity index is 894.